The summed E-state index contributed by atoms with van der Waals surface area (Å²) in [6.07, 6.45) is 0.852. The van der Waals surface area contributed by atoms with E-state index < -0.39 is 11.8 Å². The fourth-order valence-electron chi connectivity index (χ4n) is 2.20. The number of hydrogen-bond acceptors (Lipinski definition) is 4. The maximum atomic E-state index is 11.6. The molecule has 2 rings (SSSR count). The highest BCUT2D eigenvalue weighted by Gasteiger charge is 2.45. The minimum atomic E-state index is -1.27. The Morgan fingerprint density at radius 2 is 1.79 bits per heavy atom. The predicted octanol–water partition coefficient (Wildman–Crippen LogP) is 2.17. The second kappa shape index (κ2) is 5.31. The van der Waals surface area contributed by atoms with E-state index in [2.05, 4.69) is 19.1 Å². The quantitative estimate of drug-likeness (QED) is 0.785. The first-order chi connectivity index (χ1) is 8.97. The Kier molecular flexibility index (Phi) is 3.92. The lowest BCUT2D eigenvalue weighted by Gasteiger charge is -2.41. The molecule has 1 aliphatic heterocycles. The van der Waals surface area contributed by atoms with Crippen LogP contribution in [0.1, 0.15) is 19.4 Å². The lowest BCUT2D eigenvalue weighted by Crippen LogP contribution is -2.52. The summed E-state index contributed by atoms with van der Waals surface area (Å²) in [6, 6.07) is 10.2. The van der Waals surface area contributed by atoms with Crippen molar-refractivity contribution < 1.29 is 19.0 Å². The molecule has 0 atom stereocenters. The highest BCUT2D eigenvalue weighted by molar-refractivity contribution is 5.77. The molecular weight excluding hydrogens is 244 g/mol. The third-order valence-electron chi connectivity index (χ3n) is 3.42. The van der Waals surface area contributed by atoms with Gasteiger partial charge in [0.25, 0.3) is 5.79 Å². The molecule has 0 aromatic heterocycles. The van der Waals surface area contributed by atoms with Crippen LogP contribution in [0.25, 0.3) is 0 Å². The minimum Gasteiger partial charge on any atom is -0.465 e. The van der Waals surface area contributed by atoms with E-state index in [9.17, 15) is 4.79 Å². The molecule has 0 aliphatic carbocycles. The second-order valence-corrected chi connectivity index (χ2v) is 5.49. The van der Waals surface area contributed by atoms with Crippen molar-refractivity contribution in [2.45, 2.75) is 26.1 Å². The Morgan fingerprint density at radius 3 is 2.32 bits per heavy atom. The average Bonchev–Trinajstić information content (AvgIpc) is 2.43. The SMILES string of the molecule is COC(=O)C1(C)OCC(C)(Cc2ccccc2)CO1. The van der Waals surface area contributed by atoms with Gasteiger partial charge in [0.05, 0.1) is 20.3 Å². The van der Waals surface area contributed by atoms with Crippen LogP contribution in [-0.4, -0.2) is 32.1 Å². The Balaban J connectivity index is 2.00. The number of benzene rings is 1. The number of hydrogen-bond donors (Lipinski definition) is 0. The fourth-order valence-corrected chi connectivity index (χ4v) is 2.20. The maximum absolute atomic E-state index is 11.6. The monoisotopic (exact) mass is 264 g/mol. The Morgan fingerprint density at radius 1 is 1.21 bits per heavy atom. The Bertz CT molecular complexity index is 433. The van der Waals surface area contributed by atoms with Crippen molar-refractivity contribution >= 4 is 5.97 Å². The number of methoxy groups -OCH3 is 1. The van der Waals surface area contributed by atoms with Gasteiger partial charge < -0.3 is 14.2 Å². The summed E-state index contributed by atoms with van der Waals surface area (Å²) < 4.78 is 15.9. The Labute approximate surface area is 113 Å². The van der Waals surface area contributed by atoms with Crippen LogP contribution in [-0.2, 0) is 25.4 Å². The molecular formula is C15H20O4. The third kappa shape index (κ3) is 3.14. The molecule has 0 spiro atoms. The van der Waals surface area contributed by atoms with E-state index in [1.165, 1.54) is 12.7 Å². The molecule has 104 valence electrons. The predicted molar refractivity (Wildman–Crippen MR) is 70.6 cm³/mol. The van der Waals surface area contributed by atoms with Crippen LogP contribution in [0.5, 0.6) is 0 Å². The smallest absolute Gasteiger partial charge is 0.366 e. The molecule has 0 radical (unpaired) electrons. The number of esters is 1. The normalized spacial score (nSPS) is 30.9. The van der Waals surface area contributed by atoms with E-state index in [0.29, 0.717) is 13.2 Å². The van der Waals surface area contributed by atoms with Crippen LogP contribution < -0.4 is 0 Å². The molecule has 19 heavy (non-hydrogen) atoms. The van der Waals surface area contributed by atoms with E-state index in [4.69, 9.17) is 14.2 Å². The molecule has 0 N–H and O–H groups in total. The van der Waals surface area contributed by atoms with E-state index in [1.807, 2.05) is 18.2 Å². The molecule has 1 heterocycles. The second-order valence-electron chi connectivity index (χ2n) is 5.49. The van der Waals surface area contributed by atoms with Crippen LogP contribution in [0.15, 0.2) is 30.3 Å². The Hall–Kier alpha value is -1.39. The topological polar surface area (TPSA) is 44.8 Å². The summed E-state index contributed by atoms with van der Waals surface area (Å²) in [6.45, 7) is 4.62. The molecule has 0 saturated carbocycles. The largest absolute Gasteiger partial charge is 0.465 e. The zero-order valence-electron chi connectivity index (χ0n) is 11.6. The van der Waals surface area contributed by atoms with E-state index in [1.54, 1.807) is 6.92 Å². The van der Waals surface area contributed by atoms with Crippen LogP contribution in [0, 0.1) is 5.41 Å². The summed E-state index contributed by atoms with van der Waals surface area (Å²) in [5.41, 5.74) is 1.10. The highest BCUT2D eigenvalue weighted by atomic mass is 16.7. The van der Waals surface area contributed by atoms with Gasteiger partial charge in [-0.2, -0.15) is 0 Å². The first-order valence-corrected chi connectivity index (χ1v) is 6.38. The van der Waals surface area contributed by atoms with Gasteiger partial charge in [0, 0.05) is 12.3 Å². The zero-order chi connectivity index (χ0) is 13.9. The lowest BCUT2D eigenvalue weighted by molar-refractivity contribution is -0.287. The van der Waals surface area contributed by atoms with Crippen LogP contribution >= 0.6 is 0 Å². The van der Waals surface area contributed by atoms with Gasteiger partial charge in [0.1, 0.15) is 0 Å². The molecule has 1 fully saturated rings. The fraction of sp³-hybridized carbons (Fsp3) is 0.533. The summed E-state index contributed by atoms with van der Waals surface area (Å²) >= 11 is 0. The summed E-state index contributed by atoms with van der Waals surface area (Å²) in [5, 5.41) is 0. The van der Waals surface area contributed by atoms with Crippen molar-refractivity contribution in [2.24, 2.45) is 5.41 Å². The van der Waals surface area contributed by atoms with Gasteiger partial charge in [0.2, 0.25) is 0 Å². The zero-order valence-corrected chi connectivity index (χ0v) is 11.6. The maximum Gasteiger partial charge on any atom is 0.366 e. The van der Waals surface area contributed by atoms with Gasteiger partial charge in [-0.1, -0.05) is 37.3 Å². The number of rotatable bonds is 3. The minimum absolute atomic E-state index is 0.130. The molecule has 1 aliphatic rings. The molecule has 4 nitrogen and oxygen atoms in total. The third-order valence-corrected chi connectivity index (χ3v) is 3.42. The molecule has 4 heteroatoms. The average molecular weight is 264 g/mol. The molecule has 0 amide bonds. The van der Waals surface area contributed by atoms with Crippen molar-refractivity contribution in [1.29, 1.82) is 0 Å². The van der Waals surface area contributed by atoms with E-state index in [0.717, 1.165) is 6.42 Å². The molecule has 0 bridgehead atoms. The molecule has 1 saturated heterocycles. The standard InChI is InChI=1S/C15H20O4/c1-14(9-12-7-5-4-6-8-12)10-18-15(2,19-11-14)13(16)17-3/h4-8H,9-11H2,1-3H3. The van der Waals surface area contributed by atoms with Crippen molar-refractivity contribution in [3.63, 3.8) is 0 Å². The summed E-state index contributed by atoms with van der Waals surface area (Å²) in [4.78, 5) is 11.6. The van der Waals surface area contributed by atoms with Crippen molar-refractivity contribution in [1.82, 2.24) is 0 Å². The highest BCUT2D eigenvalue weighted by Crippen LogP contribution is 2.33. The summed E-state index contributed by atoms with van der Waals surface area (Å²) in [5.74, 6) is -1.76. The van der Waals surface area contributed by atoms with Crippen LogP contribution in [0.4, 0.5) is 0 Å². The van der Waals surface area contributed by atoms with Crippen LogP contribution in [0.2, 0.25) is 0 Å². The summed E-state index contributed by atoms with van der Waals surface area (Å²) in [7, 11) is 1.33. The van der Waals surface area contributed by atoms with Gasteiger partial charge in [-0.05, 0) is 12.0 Å². The van der Waals surface area contributed by atoms with Crippen molar-refractivity contribution in [3.05, 3.63) is 35.9 Å². The van der Waals surface area contributed by atoms with Gasteiger partial charge in [-0.25, -0.2) is 4.79 Å². The van der Waals surface area contributed by atoms with Gasteiger partial charge in [-0.3, -0.25) is 0 Å². The van der Waals surface area contributed by atoms with Gasteiger partial charge >= 0.3 is 5.97 Å². The lowest BCUT2D eigenvalue weighted by atomic mass is 9.84. The van der Waals surface area contributed by atoms with E-state index >= 15 is 0 Å². The molecule has 1 aromatic carbocycles. The van der Waals surface area contributed by atoms with Crippen molar-refractivity contribution in [3.8, 4) is 0 Å². The number of ether oxygens (including phenoxy) is 3. The first kappa shape index (κ1) is 14.0. The molecule has 0 unspecified atom stereocenters. The van der Waals surface area contributed by atoms with Gasteiger partial charge in [-0.15, -0.1) is 0 Å². The number of carbonyl (C=O) groups is 1. The van der Waals surface area contributed by atoms with Crippen molar-refractivity contribution in [2.75, 3.05) is 20.3 Å². The van der Waals surface area contributed by atoms with Crippen LogP contribution in [0.3, 0.4) is 0 Å². The first-order valence-electron chi connectivity index (χ1n) is 6.38. The van der Waals surface area contributed by atoms with E-state index in [-0.39, 0.29) is 5.41 Å². The molecule has 1 aromatic rings. The number of carbonyl (C=O) groups excluding carboxylic acids is 1. The van der Waals surface area contributed by atoms with Gasteiger partial charge in [0.15, 0.2) is 0 Å².